The van der Waals surface area contributed by atoms with E-state index in [1.165, 1.54) is 4.31 Å². The highest BCUT2D eigenvalue weighted by molar-refractivity contribution is 7.93. The average Bonchev–Trinajstić information content (AvgIpc) is 2.71. The molecule has 0 bridgehead atoms. The molecule has 2 aromatic rings. The number of hydrogen-bond donors (Lipinski definition) is 1. The summed E-state index contributed by atoms with van der Waals surface area (Å²) in [6, 6.07) is 10.6. The molecule has 0 unspecified atom stereocenters. The number of nitrogens with zero attached hydrogens (tertiary/aromatic N) is 1. The summed E-state index contributed by atoms with van der Waals surface area (Å²) < 4.78 is 26.8. The Kier molecular flexibility index (Phi) is 3.59. The zero-order chi connectivity index (χ0) is 16.8. The average molecular weight is 332 g/mol. The topological polar surface area (TPSA) is 66.5 Å². The lowest BCUT2D eigenvalue weighted by molar-refractivity contribution is -0.121. The first kappa shape index (κ1) is 15.8. The van der Waals surface area contributed by atoms with Gasteiger partial charge in [0.25, 0.3) is 10.0 Å². The number of amides is 1. The fourth-order valence-electron chi connectivity index (χ4n) is 2.76. The number of rotatable bonds is 4. The van der Waals surface area contributed by atoms with E-state index in [9.17, 15) is 13.2 Å². The van der Waals surface area contributed by atoms with Crippen LogP contribution >= 0.6 is 0 Å². The Hall–Kier alpha value is -2.08. The number of nitrogens with one attached hydrogen (secondary N) is 1. The molecule has 3 rings (SSSR count). The molecule has 122 valence electrons. The van der Waals surface area contributed by atoms with E-state index in [1.54, 1.807) is 18.2 Å². The molecule has 6 heteroatoms. The predicted molar refractivity (Wildman–Crippen MR) is 91.0 cm³/mol. The van der Waals surface area contributed by atoms with E-state index in [4.69, 9.17) is 0 Å². The molecule has 0 atom stereocenters. The Labute approximate surface area is 136 Å². The van der Waals surface area contributed by atoms with Crippen molar-refractivity contribution in [2.24, 2.45) is 0 Å². The van der Waals surface area contributed by atoms with Crippen molar-refractivity contribution in [2.45, 2.75) is 37.6 Å². The van der Waals surface area contributed by atoms with Crippen LogP contribution in [0.15, 0.2) is 41.3 Å². The quantitative estimate of drug-likeness (QED) is 0.936. The number of carbonyl (C=O) groups excluding carboxylic acids is 1. The van der Waals surface area contributed by atoms with Gasteiger partial charge in [-0.25, -0.2) is 8.42 Å². The zero-order valence-corrected chi connectivity index (χ0v) is 14.3. The van der Waals surface area contributed by atoms with Crippen molar-refractivity contribution in [3.05, 3.63) is 36.4 Å². The third kappa shape index (κ3) is 2.57. The molecular formula is C17H20N2O3S. The second-order valence-electron chi connectivity index (χ2n) is 6.43. The van der Waals surface area contributed by atoms with Gasteiger partial charge in [-0.1, -0.05) is 31.2 Å². The van der Waals surface area contributed by atoms with Crippen LogP contribution in [0.1, 0.15) is 27.2 Å². The summed E-state index contributed by atoms with van der Waals surface area (Å²) in [6.07, 6.45) is 0.765. The van der Waals surface area contributed by atoms with Crippen LogP contribution in [-0.2, 0) is 14.8 Å². The third-order valence-electron chi connectivity index (χ3n) is 4.33. The van der Waals surface area contributed by atoms with Crippen molar-refractivity contribution in [1.82, 2.24) is 5.32 Å². The van der Waals surface area contributed by atoms with Crippen LogP contribution in [0.25, 0.3) is 10.8 Å². The van der Waals surface area contributed by atoms with Gasteiger partial charge in [-0.3, -0.25) is 9.10 Å². The predicted octanol–water partition coefficient (Wildman–Crippen LogP) is 2.65. The van der Waals surface area contributed by atoms with Gasteiger partial charge < -0.3 is 5.32 Å². The zero-order valence-electron chi connectivity index (χ0n) is 13.5. The molecule has 0 aromatic heterocycles. The normalized spacial score (nSPS) is 15.9. The maximum absolute atomic E-state index is 12.8. The molecule has 1 amide bonds. The fourth-order valence-corrected chi connectivity index (χ4v) is 4.43. The largest absolute Gasteiger partial charge is 0.350 e. The lowest BCUT2D eigenvalue weighted by Crippen LogP contribution is -2.48. The van der Waals surface area contributed by atoms with Crippen LogP contribution in [0.2, 0.25) is 0 Å². The summed E-state index contributed by atoms with van der Waals surface area (Å²) in [5.41, 5.74) is 0.210. The third-order valence-corrected chi connectivity index (χ3v) is 6.13. The van der Waals surface area contributed by atoms with Crippen LogP contribution in [-0.4, -0.2) is 26.4 Å². The van der Waals surface area contributed by atoms with Crippen molar-refractivity contribution in [1.29, 1.82) is 0 Å². The Morgan fingerprint density at radius 1 is 1.17 bits per heavy atom. The molecule has 0 aliphatic carbocycles. The molecule has 5 nitrogen and oxygen atoms in total. The lowest BCUT2D eigenvalue weighted by Gasteiger charge is -2.26. The van der Waals surface area contributed by atoms with Crippen LogP contribution in [0, 0.1) is 0 Å². The molecule has 0 spiro atoms. The van der Waals surface area contributed by atoms with Gasteiger partial charge in [-0.05, 0) is 37.8 Å². The minimum absolute atomic E-state index is 0.209. The van der Waals surface area contributed by atoms with E-state index < -0.39 is 10.0 Å². The van der Waals surface area contributed by atoms with Crippen molar-refractivity contribution < 1.29 is 13.2 Å². The smallest absolute Gasteiger partial charge is 0.265 e. The Balaban J connectivity index is 1.99. The van der Waals surface area contributed by atoms with Crippen molar-refractivity contribution in [2.75, 3.05) is 10.8 Å². The van der Waals surface area contributed by atoms with Gasteiger partial charge in [0.1, 0.15) is 6.54 Å². The molecule has 2 aromatic carbocycles. The van der Waals surface area contributed by atoms with E-state index >= 15 is 0 Å². The van der Waals surface area contributed by atoms with Gasteiger partial charge >= 0.3 is 0 Å². The minimum Gasteiger partial charge on any atom is -0.350 e. The van der Waals surface area contributed by atoms with Crippen molar-refractivity contribution in [3.8, 4) is 0 Å². The van der Waals surface area contributed by atoms with Gasteiger partial charge in [0, 0.05) is 10.9 Å². The molecular weight excluding hydrogens is 312 g/mol. The van der Waals surface area contributed by atoms with E-state index in [0.717, 1.165) is 11.8 Å². The first-order valence-electron chi connectivity index (χ1n) is 7.62. The molecule has 1 aliphatic rings. The fraction of sp³-hybridized carbons (Fsp3) is 0.353. The lowest BCUT2D eigenvalue weighted by atomic mass is 10.0. The Morgan fingerprint density at radius 3 is 2.48 bits per heavy atom. The Bertz CT molecular complexity index is 883. The Morgan fingerprint density at radius 2 is 1.83 bits per heavy atom. The summed E-state index contributed by atoms with van der Waals surface area (Å²) in [5, 5.41) is 4.44. The van der Waals surface area contributed by atoms with Gasteiger partial charge in [0.15, 0.2) is 0 Å². The van der Waals surface area contributed by atoms with Gasteiger partial charge in [-0.2, -0.15) is 0 Å². The highest BCUT2D eigenvalue weighted by atomic mass is 32.2. The summed E-state index contributed by atoms with van der Waals surface area (Å²) in [4.78, 5) is 12.6. The molecule has 1 aliphatic heterocycles. The highest BCUT2D eigenvalue weighted by Gasteiger charge is 2.37. The van der Waals surface area contributed by atoms with Gasteiger partial charge in [0.05, 0.1) is 10.6 Å². The van der Waals surface area contributed by atoms with Crippen molar-refractivity contribution >= 4 is 32.4 Å². The highest BCUT2D eigenvalue weighted by Crippen LogP contribution is 2.41. The monoisotopic (exact) mass is 332 g/mol. The minimum atomic E-state index is -3.68. The summed E-state index contributed by atoms with van der Waals surface area (Å²) in [5.74, 6) is -0.301. The van der Waals surface area contributed by atoms with Crippen LogP contribution in [0.3, 0.4) is 0 Å². The van der Waals surface area contributed by atoms with Gasteiger partial charge in [-0.15, -0.1) is 0 Å². The number of anilines is 1. The van der Waals surface area contributed by atoms with E-state index in [1.807, 2.05) is 39.0 Å². The van der Waals surface area contributed by atoms with E-state index in [0.29, 0.717) is 11.1 Å². The summed E-state index contributed by atoms with van der Waals surface area (Å²) in [7, 11) is -3.68. The maximum atomic E-state index is 12.8. The number of hydrogen-bond acceptors (Lipinski definition) is 3. The molecule has 0 saturated carbocycles. The number of benzene rings is 2. The second-order valence-corrected chi connectivity index (χ2v) is 8.26. The number of sulfonamides is 1. The van der Waals surface area contributed by atoms with Gasteiger partial charge in [0.2, 0.25) is 5.91 Å². The molecule has 0 saturated heterocycles. The molecule has 1 heterocycles. The molecule has 0 fully saturated rings. The van der Waals surface area contributed by atoms with Crippen LogP contribution in [0.4, 0.5) is 5.69 Å². The second kappa shape index (κ2) is 5.23. The SMILES string of the molecule is CCC(C)(C)NC(=O)CN1c2cccc3cccc(c23)S1(=O)=O. The van der Waals surface area contributed by atoms with E-state index in [-0.39, 0.29) is 22.9 Å². The summed E-state index contributed by atoms with van der Waals surface area (Å²) in [6.45, 7) is 5.60. The van der Waals surface area contributed by atoms with Crippen LogP contribution in [0.5, 0.6) is 0 Å². The number of carbonyl (C=O) groups is 1. The molecule has 0 radical (unpaired) electrons. The first-order valence-corrected chi connectivity index (χ1v) is 9.06. The standard InChI is InChI=1S/C17H20N2O3S/c1-4-17(2,3)18-15(20)11-19-13-9-5-7-12-8-6-10-14(16(12)13)23(19,21)22/h5-10H,4,11H2,1-3H3,(H,18,20). The summed E-state index contributed by atoms with van der Waals surface area (Å²) >= 11 is 0. The molecule has 23 heavy (non-hydrogen) atoms. The van der Waals surface area contributed by atoms with Crippen LogP contribution < -0.4 is 9.62 Å². The van der Waals surface area contributed by atoms with E-state index in [2.05, 4.69) is 5.32 Å². The first-order chi connectivity index (χ1) is 10.8. The van der Waals surface area contributed by atoms with Crippen molar-refractivity contribution in [3.63, 3.8) is 0 Å². The molecule has 1 N–H and O–H groups in total. The maximum Gasteiger partial charge on any atom is 0.265 e.